The van der Waals surface area contributed by atoms with E-state index in [1.165, 1.54) is 17.0 Å². The highest BCUT2D eigenvalue weighted by Gasteiger charge is 2.53. The van der Waals surface area contributed by atoms with Gasteiger partial charge >= 0.3 is 0 Å². The normalized spacial score (nSPS) is 33.3. The molecule has 4 fully saturated rings. The van der Waals surface area contributed by atoms with Gasteiger partial charge in [0.1, 0.15) is 5.82 Å². The number of hydrogen-bond donors (Lipinski definition) is 1. The lowest BCUT2D eigenvalue weighted by molar-refractivity contribution is -0.0782. The first-order valence-electron chi connectivity index (χ1n) is 12.3. The molecule has 1 N–H and O–H groups in total. The summed E-state index contributed by atoms with van der Waals surface area (Å²) < 4.78 is 26.2. The molecule has 5 rings (SSSR count). The van der Waals surface area contributed by atoms with E-state index >= 15 is 0 Å². The van der Waals surface area contributed by atoms with Gasteiger partial charge in [0.2, 0.25) is 0 Å². The van der Waals surface area contributed by atoms with Crippen LogP contribution in [-0.2, 0) is 9.47 Å². The largest absolute Gasteiger partial charge is 0.381 e. The van der Waals surface area contributed by atoms with E-state index in [-0.39, 0.29) is 11.4 Å². The molecule has 1 spiro atoms. The number of hydrogen-bond acceptors (Lipinski definition) is 4. The van der Waals surface area contributed by atoms with Crippen molar-refractivity contribution in [3.05, 3.63) is 41.1 Å². The molecule has 0 saturated carbocycles. The van der Waals surface area contributed by atoms with Gasteiger partial charge in [-0.05, 0) is 92.6 Å². The second kappa shape index (κ2) is 9.09. The zero-order chi connectivity index (χ0) is 21.4. The Morgan fingerprint density at radius 1 is 1.10 bits per heavy atom. The van der Waals surface area contributed by atoms with E-state index in [1.807, 2.05) is 6.07 Å². The van der Waals surface area contributed by atoms with Crippen LogP contribution >= 0.6 is 0 Å². The summed E-state index contributed by atoms with van der Waals surface area (Å²) in [6.45, 7) is 10.1. The highest BCUT2D eigenvalue weighted by Crippen LogP contribution is 2.42. The fourth-order valence-corrected chi connectivity index (χ4v) is 6.38. The second-order valence-corrected chi connectivity index (χ2v) is 10.5. The van der Waals surface area contributed by atoms with Crippen LogP contribution in [0.3, 0.4) is 0 Å². The number of piperidine rings is 1. The number of nitrogens with one attached hydrogen (secondary N) is 1. The third-order valence-corrected chi connectivity index (χ3v) is 8.24. The first-order valence-corrected chi connectivity index (χ1v) is 12.3. The van der Waals surface area contributed by atoms with Crippen LogP contribution in [0.2, 0.25) is 0 Å². The molecule has 4 saturated heterocycles. The van der Waals surface area contributed by atoms with Crippen LogP contribution in [0, 0.1) is 11.7 Å². The minimum absolute atomic E-state index is 0.0531. The maximum absolute atomic E-state index is 14.2. The first-order chi connectivity index (χ1) is 15.0. The smallest absolute Gasteiger partial charge is 0.123 e. The summed E-state index contributed by atoms with van der Waals surface area (Å²) in [6.07, 6.45) is 6.62. The molecule has 4 heterocycles. The third kappa shape index (κ3) is 4.44. The number of halogens is 1. The second-order valence-electron chi connectivity index (χ2n) is 10.5. The fourth-order valence-electron chi connectivity index (χ4n) is 6.38. The van der Waals surface area contributed by atoms with Gasteiger partial charge in [-0.25, -0.2) is 4.39 Å². The molecule has 0 amide bonds. The first kappa shape index (κ1) is 21.8. The van der Waals surface area contributed by atoms with E-state index in [2.05, 4.69) is 30.1 Å². The molecule has 0 aromatic heterocycles. The molecule has 4 nitrogen and oxygen atoms in total. The molecule has 1 aromatic rings. The summed E-state index contributed by atoms with van der Waals surface area (Å²) in [5.74, 6) is 2.37. The minimum atomic E-state index is -0.0917. The van der Waals surface area contributed by atoms with Gasteiger partial charge in [0.15, 0.2) is 0 Å². The Kier molecular flexibility index (Phi) is 6.40. The van der Waals surface area contributed by atoms with Crippen molar-refractivity contribution >= 4 is 0 Å². The molecule has 0 aliphatic carbocycles. The van der Waals surface area contributed by atoms with Crippen LogP contribution in [-0.4, -0.2) is 62.0 Å². The van der Waals surface area contributed by atoms with Crippen molar-refractivity contribution in [3.8, 4) is 0 Å². The molecule has 4 aliphatic heterocycles. The highest BCUT2D eigenvalue weighted by molar-refractivity contribution is 5.35. The Morgan fingerprint density at radius 3 is 2.52 bits per heavy atom. The summed E-state index contributed by atoms with van der Waals surface area (Å²) in [6, 6.07) is 6.54. The molecule has 171 valence electrons. The average molecular weight is 430 g/mol. The number of ether oxygens (including phenoxy) is 2. The molecule has 1 radical (unpaired) electrons. The summed E-state index contributed by atoms with van der Waals surface area (Å²) >= 11 is 0. The van der Waals surface area contributed by atoms with Crippen molar-refractivity contribution in [3.63, 3.8) is 0 Å². The van der Waals surface area contributed by atoms with Crippen LogP contribution in [0.5, 0.6) is 0 Å². The van der Waals surface area contributed by atoms with E-state index in [0.717, 1.165) is 78.0 Å². The Balaban J connectivity index is 1.21. The van der Waals surface area contributed by atoms with Gasteiger partial charge in [0.25, 0.3) is 0 Å². The minimum Gasteiger partial charge on any atom is -0.381 e. The van der Waals surface area contributed by atoms with Crippen LogP contribution in [0.25, 0.3) is 0 Å². The lowest BCUT2D eigenvalue weighted by Gasteiger charge is -2.48. The van der Waals surface area contributed by atoms with Crippen LogP contribution in [0.15, 0.2) is 18.2 Å². The average Bonchev–Trinajstić information content (AvgIpc) is 3.26. The summed E-state index contributed by atoms with van der Waals surface area (Å²) in [4.78, 5) is 2.65. The maximum Gasteiger partial charge on any atom is 0.123 e. The van der Waals surface area contributed by atoms with Crippen LogP contribution < -0.4 is 5.32 Å². The van der Waals surface area contributed by atoms with E-state index in [0.29, 0.717) is 23.9 Å². The van der Waals surface area contributed by atoms with Crippen molar-refractivity contribution in [1.82, 2.24) is 10.2 Å². The maximum atomic E-state index is 14.2. The fraction of sp³-hybridized carbons (Fsp3) is 0.731. The van der Waals surface area contributed by atoms with E-state index in [9.17, 15) is 4.39 Å². The standard InChI is InChI=1S/C26H38FN2O2/c1-18(2)13-25-26(17-28-25)15-22(16-31-26)29-9-5-19(6-10-29)24-14-21(27)3-4-23(24)20-7-11-30-12-8-20/h3-4,14,19-20,22,25,28H,5-13,15-17H2,1-2H3/t22-,25?,26?/m0/s1. The van der Waals surface area contributed by atoms with E-state index in [4.69, 9.17) is 9.47 Å². The van der Waals surface area contributed by atoms with Crippen LogP contribution in [0.4, 0.5) is 4.39 Å². The van der Waals surface area contributed by atoms with Crippen molar-refractivity contribution in [2.75, 3.05) is 39.5 Å². The van der Waals surface area contributed by atoms with Gasteiger partial charge in [-0.15, -0.1) is 0 Å². The molecule has 3 atom stereocenters. The highest BCUT2D eigenvalue weighted by atomic mass is 19.1. The monoisotopic (exact) mass is 429 g/mol. The molecule has 4 aliphatic rings. The molecular formula is C26H38FN2O2. The summed E-state index contributed by atoms with van der Waals surface area (Å²) in [5.41, 5.74) is 2.70. The Morgan fingerprint density at radius 2 is 1.84 bits per heavy atom. The van der Waals surface area contributed by atoms with Gasteiger partial charge in [-0.2, -0.15) is 0 Å². The van der Waals surface area contributed by atoms with Crippen molar-refractivity contribution < 1.29 is 13.9 Å². The molecular weight excluding hydrogens is 391 g/mol. The zero-order valence-electron chi connectivity index (χ0n) is 19.2. The van der Waals surface area contributed by atoms with Crippen LogP contribution in [0.1, 0.15) is 75.3 Å². The Hall–Kier alpha value is -1.01. The van der Waals surface area contributed by atoms with Gasteiger partial charge < -0.3 is 14.8 Å². The number of nitrogens with zero attached hydrogens (tertiary/aromatic N) is 1. The summed E-state index contributed by atoms with van der Waals surface area (Å²) in [5, 5.41) is 3.60. The van der Waals surface area contributed by atoms with Gasteiger partial charge in [0.05, 0.1) is 12.2 Å². The molecule has 31 heavy (non-hydrogen) atoms. The lowest BCUT2D eigenvalue weighted by Crippen LogP contribution is -2.68. The number of likely N-dealkylation sites (tertiary alicyclic amines) is 1. The molecule has 5 heteroatoms. The third-order valence-electron chi connectivity index (χ3n) is 8.24. The lowest BCUT2D eigenvalue weighted by atomic mass is 9.77. The Labute approximate surface area is 186 Å². The van der Waals surface area contributed by atoms with Gasteiger partial charge in [-0.1, -0.05) is 19.9 Å². The number of benzene rings is 1. The molecule has 2 unspecified atom stereocenters. The predicted molar refractivity (Wildman–Crippen MR) is 121 cm³/mol. The number of rotatable bonds is 5. The van der Waals surface area contributed by atoms with Crippen molar-refractivity contribution in [1.29, 1.82) is 0 Å². The summed E-state index contributed by atoms with van der Waals surface area (Å²) in [7, 11) is 0. The molecule has 0 bridgehead atoms. The van der Waals surface area contributed by atoms with Crippen molar-refractivity contribution in [2.45, 2.75) is 81.9 Å². The zero-order valence-corrected chi connectivity index (χ0v) is 19.2. The quantitative estimate of drug-likeness (QED) is 0.752. The van der Waals surface area contributed by atoms with E-state index < -0.39 is 0 Å². The molecule has 1 aromatic carbocycles. The SMILES string of the molecule is C[C](C)CC1NCC12C[C@H](N1CCC(c3cc(F)ccc3C3CCOCC3)CC1)CO2. The van der Waals surface area contributed by atoms with Crippen molar-refractivity contribution in [2.24, 2.45) is 0 Å². The van der Waals surface area contributed by atoms with E-state index in [1.54, 1.807) is 6.07 Å². The topological polar surface area (TPSA) is 33.7 Å². The van der Waals surface area contributed by atoms with Gasteiger partial charge in [-0.3, -0.25) is 4.90 Å². The van der Waals surface area contributed by atoms with Gasteiger partial charge in [0, 0.05) is 31.8 Å². The predicted octanol–water partition coefficient (Wildman–Crippen LogP) is 4.40. The Bertz CT molecular complexity index is 758.